The number of hydrogen-bond acceptors (Lipinski definition) is 4. The Kier molecular flexibility index (Phi) is 4.30. The van der Waals surface area contributed by atoms with Crippen molar-refractivity contribution in [2.24, 2.45) is 0 Å². The van der Waals surface area contributed by atoms with E-state index in [1.54, 1.807) is 11.0 Å². The molecule has 1 fully saturated rings. The number of hydrogen-bond donors (Lipinski definition) is 2. The molecule has 0 heterocycles. The zero-order valence-electron chi connectivity index (χ0n) is 13.1. The van der Waals surface area contributed by atoms with Crippen LogP contribution in [0.1, 0.15) is 49.5 Å². The fraction of sp³-hybridized carbons (Fsp3) is 0.500. The Balaban J connectivity index is 2.20. The Hall–Kier alpha value is -2.24. The van der Waals surface area contributed by atoms with Crippen LogP contribution in [0.5, 0.6) is 0 Å². The van der Waals surface area contributed by atoms with Crippen molar-refractivity contribution in [3.8, 4) is 0 Å². The maximum Gasteiger partial charge on any atom is 0.410 e. The number of carboxylic acids is 1. The molecule has 22 heavy (non-hydrogen) atoms. The molecule has 0 bridgehead atoms. The minimum absolute atomic E-state index is 0.141. The van der Waals surface area contributed by atoms with Crippen LogP contribution >= 0.6 is 0 Å². The van der Waals surface area contributed by atoms with Crippen LogP contribution in [0.4, 0.5) is 10.5 Å². The molecule has 1 saturated carbocycles. The van der Waals surface area contributed by atoms with Gasteiger partial charge in [-0.15, -0.1) is 0 Å². The molecule has 0 aliphatic heterocycles. The van der Waals surface area contributed by atoms with Gasteiger partial charge >= 0.3 is 12.1 Å². The number of aromatic carboxylic acids is 1. The van der Waals surface area contributed by atoms with E-state index >= 15 is 0 Å². The average molecular weight is 306 g/mol. The molecule has 0 aromatic heterocycles. The number of carbonyl (C=O) groups is 2. The Labute approximate surface area is 129 Å². The molecule has 6 nitrogen and oxygen atoms in total. The first kappa shape index (κ1) is 16.1. The Morgan fingerprint density at radius 1 is 1.36 bits per heavy atom. The van der Waals surface area contributed by atoms with Crippen LogP contribution in [0.3, 0.4) is 0 Å². The summed E-state index contributed by atoms with van der Waals surface area (Å²) < 4.78 is 5.42. The summed E-state index contributed by atoms with van der Waals surface area (Å²) in [5.41, 5.74) is 6.59. The average Bonchev–Trinajstić information content (AvgIpc) is 3.19. The van der Waals surface area contributed by atoms with E-state index in [2.05, 4.69) is 0 Å². The first-order valence-electron chi connectivity index (χ1n) is 7.28. The van der Waals surface area contributed by atoms with Gasteiger partial charge in [0.25, 0.3) is 0 Å². The second kappa shape index (κ2) is 5.87. The Morgan fingerprint density at radius 3 is 2.50 bits per heavy atom. The third-order valence-corrected chi connectivity index (χ3v) is 3.35. The number of carbonyl (C=O) groups excluding carboxylic acids is 1. The van der Waals surface area contributed by atoms with E-state index in [4.69, 9.17) is 15.6 Å². The lowest BCUT2D eigenvalue weighted by atomic mass is 10.1. The van der Waals surface area contributed by atoms with Crippen molar-refractivity contribution in [2.45, 2.75) is 51.8 Å². The van der Waals surface area contributed by atoms with Crippen molar-refractivity contribution in [1.82, 2.24) is 4.90 Å². The van der Waals surface area contributed by atoms with Gasteiger partial charge in [-0.05, 0) is 57.4 Å². The lowest BCUT2D eigenvalue weighted by Crippen LogP contribution is -2.38. The first-order chi connectivity index (χ1) is 10.2. The highest BCUT2D eigenvalue weighted by atomic mass is 16.6. The summed E-state index contributed by atoms with van der Waals surface area (Å²) in [5, 5.41) is 9.07. The maximum absolute atomic E-state index is 12.3. The van der Waals surface area contributed by atoms with Crippen LogP contribution in [0, 0.1) is 0 Å². The second-order valence-corrected chi connectivity index (χ2v) is 6.56. The molecule has 0 spiro atoms. The van der Waals surface area contributed by atoms with Crippen molar-refractivity contribution in [3.05, 3.63) is 29.3 Å². The monoisotopic (exact) mass is 306 g/mol. The third-order valence-electron chi connectivity index (χ3n) is 3.35. The van der Waals surface area contributed by atoms with Gasteiger partial charge in [0.15, 0.2) is 0 Å². The number of nitrogen functional groups attached to an aromatic ring is 1. The summed E-state index contributed by atoms with van der Waals surface area (Å²) in [7, 11) is 0. The van der Waals surface area contributed by atoms with Crippen LogP contribution in [0.2, 0.25) is 0 Å². The molecular formula is C16H22N2O4. The molecule has 0 radical (unpaired) electrons. The van der Waals surface area contributed by atoms with Crippen LogP contribution in [-0.4, -0.2) is 33.7 Å². The summed E-state index contributed by atoms with van der Waals surface area (Å²) in [6, 6.07) is 4.66. The van der Waals surface area contributed by atoms with Crippen LogP contribution in [0.25, 0.3) is 0 Å². The number of ether oxygens (including phenoxy) is 1. The molecule has 2 rings (SSSR count). The van der Waals surface area contributed by atoms with E-state index in [-0.39, 0.29) is 18.2 Å². The smallest absolute Gasteiger partial charge is 0.410 e. The van der Waals surface area contributed by atoms with E-state index in [0.717, 1.165) is 12.8 Å². The number of rotatable bonds is 4. The molecular weight excluding hydrogens is 284 g/mol. The Morgan fingerprint density at radius 2 is 2.00 bits per heavy atom. The second-order valence-electron chi connectivity index (χ2n) is 6.56. The van der Waals surface area contributed by atoms with Crippen molar-refractivity contribution in [1.29, 1.82) is 0 Å². The third kappa shape index (κ3) is 4.13. The number of benzene rings is 1. The lowest BCUT2D eigenvalue weighted by Gasteiger charge is -2.28. The summed E-state index contributed by atoms with van der Waals surface area (Å²) in [4.78, 5) is 25.0. The van der Waals surface area contributed by atoms with Crippen LogP contribution < -0.4 is 5.73 Å². The summed E-state index contributed by atoms with van der Waals surface area (Å²) in [6.07, 6.45) is 1.46. The highest BCUT2D eigenvalue weighted by molar-refractivity contribution is 5.88. The quantitative estimate of drug-likeness (QED) is 0.834. The molecule has 6 heteroatoms. The molecule has 1 aliphatic rings. The highest BCUT2D eigenvalue weighted by Crippen LogP contribution is 2.31. The van der Waals surface area contributed by atoms with Gasteiger partial charge in [0.05, 0.1) is 12.1 Å². The molecule has 0 unspecified atom stereocenters. The fourth-order valence-corrected chi connectivity index (χ4v) is 2.11. The molecule has 1 amide bonds. The summed E-state index contributed by atoms with van der Waals surface area (Å²) >= 11 is 0. The number of amides is 1. The fourth-order valence-electron chi connectivity index (χ4n) is 2.11. The molecule has 0 atom stereocenters. The van der Waals surface area contributed by atoms with E-state index in [1.165, 1.54) is 12.1 Å². The van der Waals surface area contributed by atoms with E-state index in [1.807, 2.05) is 20.8 Å². The van der Waals surface area contributed by atoms with Gasteiger partial charge in [0.2, 0.25) is 0 Å². The van der Waals surface area contributed by atoms with Crippen molar-refractivity contribution < 1.29 is 19.4 Å². The molecule has 120 valence electrons. The van der Waals surface area contributed by atoms with Crippen LogP contribution in [-0.2, 0) is 11.3 Å². The highest BCUT2D eigenvalue weighted by Gasteiger charge is 2.35. The van der Waals surface area contributed by atoms with Crippen LogP contribution in [0.15, 0.2) is 18.2 Å². The summed E-state index contributed by atoms with van der Waals surface area (Å²) in [6.45, 7) is 5.70. The molecule has 1 aromatic carbocycles. The Bertz CT molecular complexity index is 588. The normalized spacial score (nSPS) is 14.5. The zero-order valence-corrected chi connectivity index (χ0v) is 13.1. The van der Waals surface area contributed by atoms with Gasteiger partial charge < -0.3 is 20.5 Å². The summed E-state index contributed by atoms with van der Waals surface area (Å²) in [5.74, 6) is -1.02. The zero-order chi connectivity index (χ0) is 16.5. The minimum Gasteiger partial charge on any atom is -0.478 e. The van der Waals surface area contributed by atoms with E-state index < -0.39 is 17.7 Å². The molecule has 0 saturated heterocycles. The largest absolute Gasteiger partial charge is 0.478 e. The van der Waals surface area contributed by atoms with E-state index in [9.17, 15) is 9.59 Å². The molecule has 3 N–H and O–H groups in total. The van der Waals surface area contributed by atoms with Gasteiger partial charge in [0.1, 0.15) is 5.60 Å². The number of nitrogens with two attached hydrogens (primary N) is 1. The minimum atomic E-state index is -1.02. The predicted molar refractivity (Wildman–Crippen MR) is 82.6 cm³/mol. The van der Waals surface area contributed by atoms with Gasteiger partial charge in [-0.1, -0.05) is 0 Å². The first-order valence-corrected chi connectivity index (χ1v) is 7.28. The lowest BCUT2D eigenvalue weighted by molar-refractivity contribution is 0.0217. The van der Waals surface area contributed by atoms with Gasteiger partial charge in [-0.2, -0.15) is 0 Å². The van der Waals surface area contributed by atoms with Gasteiger partial charge in [-0.3, -0.25) is 0 Å². The number of carboxylic acid groups (broad SMARTS) is 1. The van der Waals surface area contributed by atoms with E-state index in [0.29, 0.717) is 11.3 Å². The topological polar surface area (TPSA) is 92.9 Å². The predicted octanol–water partition coefficient (Wildman–Crippen LogP) is 2.87. The molecule has 1 aliphatic carbocycles. The number of nitrogens with zero attached hydrogens (tertiary/aromatic N) is 1. The van der Waals surface area contributed by atoms with Crippen molar-refractivity contribution in [2.75, 3.05) is 5.73 Å². The molecule has 1 aromatic rings. The van der Waals surface area contributed by atoms with Crippen molar-refractivity contribution in [3.63, 3.8) is 0 Å². The van der Waals surface area contributed by atoms with Gasteiger partial charge in [0, 0.05) is 11.7 Å². The SMILES string of the molecule is CC(C)(C)OC(=O)N(Cc1cc(C(=O)O)ccc1N)C1CC1. The van der Waals surface area contributed by atoms with Crippen molar-refractivity contribution >= 4 is 17.7 Å². The number of anilines is 1. The van der Waals surface area contributed by atoms with Gasteiger partial charge in [-0.25, -0.2) is 9.59 Å². The standard InChI is InChI=1S/C16H22N2O4/c1-16(2,3)22-15(21)18(12-5-6-12)9-11-8-10(14(19)20)4-7-13(11)17/h4,7-8,12H,5-6,9,17H2,1-3H3,(H,19,20). The maximum atomic E-state index is 12.3.